The van der Waals surface area contributed by atoms with Crippen molar-refractivity contribution in [3.05, 3.63) is 5.69 Å². The highest BCUT2D eigenvalue weighted by molar-refractivity contribution is 5.65. The van der Waals surface area contributed by atoms with Gasteiger partial charge in [-0.05, 0) is 13.3 Å². The first-order valence-corrected chi connectivity index (χ1v) is 6.67. The first-order valence-electron chi connectivity index (χ1n) is 6.67. The van der Waals surface area contributed by atoms with Crippen LogP contribution in [0.4, 0.5) is 11.5 Å². The molecular weight excluding hydrogens is 244 g/mol. The lowest BCUT2D eigenvalue weighted by Gasteiger charge is -2.24. The Kier molecular flexibility index (Phi) is 5.62. The summed E-state index contributed by atoms with van der Waals surface area (Å²) in [4.78, 5) is 0. The van der Waals surface area contributed by atoms with Gasteiger partial charge in [0.05, 0.1) is 17.0 Å². The molecule has 1 aromatic heterocycles. The molecule has 1 atom stereocenters. The number of aliphatic hydroxyl groups is 1. The lowest BCUT2D eigenvalue weighted by Crippen LogP contribution is -2.35. The zero-order valence-corrected chi connectivity index (χ0v) is 12.4. The van der Waals surface area contributed by atoms with Gasteiger partial charge in [-0.15, -0.1) is 0 Å². The van der Waals surface area contributed by atoms with Gasteiger partial charge in [-0.2, -0.15) is 5.10 Å². The molecule has 0 amide bonds. The maximum Gasteiger partial charge on any atom is 0.147 e. The Morgan fingerprint density at radius 2 is 2.21 bits per heavy atom. The molecule has 0 spiro atoms. The molecule has 6 nitrogen and oxygen atoms in total. The molecule has 0 saturated carbocycles. The van der Waals surface area contributed by atoms with Crippen LogP contribution in [0.5, 0.6) is 0 Å². The molecule has 4 N–H and O–H groups in total. The van der Waals surface area contributed by atoms with Crippen molar-refractivity contribution >= 4 is 11.5 Å². The summed E-state index contributed by atoms with van der Waals surface area (Å²) in [6, 6.07) is 0. The van der Waals surface area contributed by atoms with E-state index in [1.807, 2.05) is 7.05 Å². The van der Waals surface area contributed by atoms with Gasteiger partial charge in [-0.3, -0.25) is 4.68 Å². The van der Waals surface area contributed by atoms with Gasteiger partial charge in [0.25, 0.3) is 0 Å². The molecule has 0 saturated heterocycles. The molecule has 0 fully saturated rings. The number of hydrogen-bond donors (Lipinski definition) is 3. The average molecular weight is 270 g/mol. The van der Waals surface area contributed by atoms with Crippen LogP contribution in [-0.2, 0) is 18.2 Å². The standard InChI is InChI=1S/C13H26N4O2/c1-5-6-10-11(14)12(17(3)16-10)15-9-13(2,18)7-8-19-4/h15,18H,5-9,14H2,1-4H3. The highest BCUT2D eigenvalue weighted by Gasteiger charge is 2.21. The molecule has 0 radical (unpaired) electrons. The highest BCUT2D eigenvalue weighted by atomic mass is 16.5. The molecule has 110 valence electrons. The first-order chi connectivity index (χ1) is 8.91. The van der Waals surface area contributed by atoms with Crippen LogP contribution in [-0.4, -0.2) is 40.7 Å². The maximum atomic E-state index is 10.2. The molecule has 0 aliphatic heterocycles. The van der Waals surface area contributed by atoms with Gasteiger partial charge in [-0.1, -0.05) is 13.3 Å². The number of rotatable bonds is 8. The van der Waals surface area contributed by atoms with E-state index in [1.54, 1.807) is 18.7 Å². The van der Waals surface area contributed by atoms with Crippen molar-refractivity contribution in [2.75, 3.05) is 31.3 Å². The van der Waals surface area contributed by atoms with E-state index in [0.29, 0.717) is 25.3 Å². The number of nitrogen functional groups attached to an aromatic ring is 1. The zero-order chi connectivity index (χ0) is 14.5. The van der Waals surface area contributed by atoms with E-state index in [1.165, 1.54) is 0 Å². The van der Waals surface area contributed by atoms with Gasteiger partial charge in [0.2, 0.25) is 0 Å². The van der Waals surface area contributed by atoms with Crippen molar-refractivity contribution in [3.63, 3.8) is 0 Å². The van der Waals surface area contributed by atoms with Crippen LogP contribution in [0.25, 0.3) is 0 Å². The predicted octanol–water partition coefficient (Wildman–Crippen LogP) is 1.15. The summed E-state index contributed by atoms with van der Waals surface area (Å²) in [7, 11) is 3.47. The SMILES string of the molecule is CCCc1nn(C)c(NCC(C)(O)CCOC)c1N. The Hall–Kier alpha value is -1.27. The topological polar surface area (TPSA) is 85.3 Å². The first kappa shape index (κ1) is 15.8. The summed E-state index contributed by atoms with van der Waals surface area (Å²) in [5.41, 5.74) is 6.81. The van der Waals surface area contributed by atoms with Gasteiger partial charge in [0.1, 0.15) is 5.82 Å². The van der Waals surface area contributed by atoms with Crippen molar-refractivity contribution < 1.29 is 9.84 Å². The summed E-state index contributed by atoms with van der Waals surface area (Å²) in [6.45, 7) is 4.80. The monoisotopic (exact) mass is 270 g/mol. The lowest BCUT2D eigenvalue weighted by molar-refractivity contribution is 0.0356. The number of nitrogens with one attached hydrogen (secondary N) is 1. The fourth-order valence-corrected chi connectivity index (χ4v) is 1.91. The van der Waals surface area contributed by atoms with E-state index < -0.39 is 5.60 Å². The number of anilines is 2. The molecule has 6 heteroatoms. The van der Waals surface area contributed by atoms with Gasteiger partial charge >= 0.3 is 0 Å². The second kappa shape index (κ2) is 6.77. The molecule has 19 heavy (non-hydrogen) atoms. The highest BCUT2D eigenvalue weighted by Crippen LogP contribution is 2.24. The van der Waals surface area contributed by atoms with E-state index in [2.05, 4.69) is 17.3 Å². The third-order valence-corrected chi connectivity index (χ3v) is 3.13. The fourth-order valence-electron chi connectivity index (χ4n) is 1.91. The molecule has 0 aliphatic rings. The minimum atomic E-state index is -0.836. The van der Waals surface area contributed by atoms with E-state index in [9.17, 15) is 5.11 Å². The zero-order valence-electron chi connectivity index (χ0n) is 12.4. The molecule has 1 rings (SSSR count). The van der Waals surface area contributed by atoms with E-state index in [4.69, 9.17) is 10.5 Å². The number of aromatic nitrogens is 2. The van der Waals surface area contributed by atoms with E-state index in [-0.39, 0.29) is 0 Å². The molecular formula is C13H26N4O2. The Bertz CT molecular complexity index is 402. The van der Waals surface area contributed by atoms with Crippen molar-refractivity contribution in [1.29, 1.82) is 0 Å². The largest absolute Gasteiger partial charge is 0.394 e. The third kappa shape index (κ3) is 4.40. The van der Waals surface area contributed by atoms with Crippen LogP contribution in [0.3, 0.4) is 0 Å². The van der Waals surface area contributed by atoms with Crippen LogP contribution in [0.2, 0.25) is 0 Å². The lowest BCUT2D eigenvalue weighted by atomic mass is 10.0. The van der Waals surface area contributed by atoms with Gasteiger partial charge in [0.15, 0.2) is 0 Å². The van der Waals surface area contributed by atoms with Gasteiger partial charge in [0, 0.05) is 33.7 Å². The number of methoxy groups -OCH3 is 1. The minimum Gasteiger partial charge on any atom is -0.394 e. The number of nitrogens with zero attached hydrogens (tertiary/aromatic N) is 2. The van der Waals surface area contributed by atoms with Crippen molar-refractivity contribution in [2.45, 2.75) is 38.7 Å². The second-order valence-corrected chi connectivity index (χ2v) is 5.18. The summed E-state index contributed by atoms with van der Waals surface area (Å²) >= 11 is 0. The molecule has 1 heterocycles. The molecule has 0 aromatic carbocycles. The normalized spacial score (nSPS) is 14.4. The Labute approximate surface area is 114 Å². The van der Waals surface area contributed by atoms with Crippen molar-refractivity contribution in [2.24, 2.45) is 7.05 Å². The average Bonchev–Trinajstić information content (AvgIpc) is 2.61. The number of ether oxygens (including phenoxy) is 1. The Balaban J connectivity index is 2.67. The molecule has 1 aromatic rings. The van der Waals surface area contributed by atoms with Crippen molar-refractivity contribution in [1.82, 2.24) is 9.78 Å². The van der Waals surface area contributed by atoms with Crippen LogP contribution < -0.4 is 11.1 Å². The second-order valence-electron chi connectivity index (χ2n) is 5.18. The summed E-state index contributed by atoms with van der Waals surface area (Å²) in [5.74, 6) is 0.765. The van der Waals surface area contributed by atoms with Crippen LogP contribution in [0.1, 0.15) is 32.4 Å². The quantitative estimate of drug-likeness (QED) is 0.660. The Morgan fingerprint density at radius 1 is 1.53 bits per heavy atom. The number of aryl methyl sites for hydroxylation is 2. The Morgan fingerprint density at radius 3 is 2.79 bits per heavy atom. The minimum absolute atomic E-state index is 0.408. The van der Waals surface area contributed by atoms with Crippen molar-refractivity contribution in [3.8, 4) is 0 Å². The summed E-state index contributed by atoms with van der Waals surface area (Å²) < 4.78 is 6.71. The van der Waals surface area contributed by atoms with E-state index in [0.717, 1.165) is 24.4 Å². The van der Waals surface area contributed by atoms with Gasteiger partial charge in [-0.25, -0.2) is 0 Å². The predicted molar refractivity (Wildman–Crippen MR) is 77.2 cm³/mol. The van der Waals surface area contributed by atoms with Gasteiger partial charge < -0.3 is 20.9 Å². The molecule has 0 bridgehead atoms. The summed E-state index contributed by atoms with van der Waals surface area (Å²) in [5, 5.41) is 17.8. The van der Waals surface area contributed by atoms with Crippen LogP contribution in [0, 0.1) is 0 Å². The maximum absolute atomic E-state index is 10.2. The summed E-state index contributed by atoms with van der Waals surface area (Å²) in [6.07, 6.45) is 2.43. The smallest absolute Gasteiger partial charge is 0.147 e. The number of hydrogen-bond acceptors (Lipinski definition) is 5. The van der Waals surface area contributed by atoms with Crippen LogP contribution >= 0.6 is 0 Å². The third-order valence-electron chi connectivity index (χ3n) is 3.13. The number of nitrogens with two attached hydrogens (primary N) is 1. The van der Waals surface area contributed by atoms with E-state index >= 15 is 0 Å². The fraction of sp³-hybridized carbons (Fsp3) is 0.769. The van der Waals surface area contributed by atoms with Crippen LogP contribution in [0.15, 0.2) is 0 Å². The molecule has 0 aliphatic carbocycles. The molecule has 1 unspecified atom stereocenters.